The Hall–Kier alpha value is -1.24. The third-order valence-corrected chi connectivity index (χ3v) is 3.77. The van der Waals surface area contributed by atoms with Crippen LogP contribution >= 0.6 is 11.6 Å². The Labute approximate surface area is 118 Å². The molecule has 0 spiro atoms. The molecule has 1 amide bonds. The van der Waals surface area contributed by atoms with E-state index in [0.717, 1.165) is 30.4 Å². The summed E-state index contributed by atoms with van der Waals surface area (Å²) in [5, 5.41) is 5.88. The van der Waals surface area contributed by atoms with Gasteiger partial charge in [0.05, 0.1) is 10.7 Å². The Morgan fingerprint density at radius 2 is 2.00 bits per heavy atom. The van der Waals surface area contributed by atoms with Gasteiger partial charge < -0.3 is 5.32 Å². The lowest BCUT2D eigenvalue weighted by atomic mass is 10.2. The standard InChI is InChI=1S/C12H13ClF3N3O/c13-9-10(6-1-2-6)19(18-11(9)12(14,15)16)5-8(20)17-7-3-4-7/h6-7H,1-5H2,(H,17,20). The fraction of sp³-hybridized carbons (Fsp3) is 0.667. The SMILES string of the molecule is O=C(Cn1nc(C(F)(F)F)c(Cl)c1C1CC1)NC1CC1. The molecule has 3 rings (SSSR count). The van der Waals surface area contributed by atoms with Crippen LogP contribution < -0.4 is 5.32 Å². The molecule has 2 fully saturated rings. The Bertz CT molecular complexity index is 547. The van der Waals surface area contributed by atoms with E-state index in [0.29, 0.717) is 5.69 Å². The summed E-state index contributed by atoms with van der Waals surface area (Å²) in [6.07, 6.45) is -1.18. The predicted molar refractivity (Wildman–Crippen MR) is 65.4 cm³/mol. The normalized spacial score (nSPS) is 19.2. The van der Waals surface area contributed by atoms with Crippen molar-refractivity contribution in [3.05, 3.63) is 16.4 Å². The molecule has 8 heteroatoms. The van der Waals surface area contributed by atoms with E-state index in [1.54, 1.807) is 0 Å². The van der Waals surface area contributed by atoms with Gasteiger partial charge in [0.25, 0.3) is 0 Å². The molecule has 1 aromatic rings. The van der Waals surface area contributed by atoms with Crippen molar-refractivity contribution < 1.29 is 18.0 Å². The van der Waals surface area contributed by atoms with Crippen molar-refractivity contribution in [1.29, 1.82) is 0 Å². The Balaban J connectivity index is 1.86. The van der Waals surface area contributed by atoms with Crippen molar-refractivity contribution in [1.82, 2.24) is 15.1 Å². The summed E-state index contributed by atoms with van der Waals surface area (Å²) >= 11 is 5.82. The van der Waals surface area contributed by atoms with Gasteiger partial charge in [-0.15, -0.1) is 0 Å². The average molecular weight is 308 g/mol. The first-order chi connectivity index (χ1) is 9.36. The van der Waals surface area contributed by atoms with Gasteiger partial charge in [-0.1, -0.05) is 11.6 Å². The molecular weight excluding hydrogens is 295 g/mol. The molecule has 2 aliphatic carbocycles. The zero-order valence-electron chi connectivity index (χ0n) is 10.5. The first-order valence-corrected chi connectivity index (χ1v) is 6.87. The highest BCUT2D eigenvalue weighted by molar-refractivity contribution is 6.32. The number of amides is 1. The van der Waals surface area contributed by atoms with Crippen LogP contribution in [-0.2, 0) is 17.5 Å². The molecule has 1 heterocycles. The summed E-state index contributed by atoms with van der Waals surface area (Å²) in [7, 11) is 0. The number of nitrogens with one attached hydrogen (secondary N) is 1. The third kappa shape index (κ3) is 2.77. The van der Waals surface area contributed by atoms with Crippen LogP contribution in [0.4, 0.5) is 13.2 Å². The second kappa shape index (κ2) is 4.65. The minimum absolute atomic E-state index is 0.0141. The fourth-order valence-electron chi connectivity index (χ4n) is 2.14. The molecule has 0 saturated heterocycles. The fourth-order valence-corrected chi connectivity index (χ4v) is 2.54. The summed E-state index contributed by atoms with van der Waals surface area (Å²) in [6.45, 7) is -0.210. The molecule has 0 aliphatic heterocycles. The number of rotatable bonds is 4. The topological polar surface area (TPSA) is 46.9 Å². The van der Waals surface area contributed by atoms with Crippen LogP contribution in [0.1, 0.15) is 43.0 Å². The molecule has 4 nitrogen and oxygen atoms in total. The van der Waals surface area contributed by atoms with E-state index in [-0.39, 0.29) is 29.4 Å². The number of aromatic nitrogens is 2. The molecule has 0 bridgehead atoms. The largest absolute Gasteiger partial charge is 0.436 e. The molecule has 20 heavy (non-hydrogen) atoms. The molecule has 110 valence electrons. The molecule has 0 atom stereocenters. The van der Waals surface area contributed by atoms with Gasteiger partial charge in [-0.2, -0.15) is 18.3 Å². The number of nitrogens with zero attached hydrogens (tertiary/aromatic N) is 2. The van der Waals surface area contributed by atoms with Crippen LogP contribution in [0.3, 0.4) is 0 Å². The van der Waals surface area contributed by atoms with Gasteiger partial charge in [0.1, 0.15) is 6.54 Å². The summed E-state index contributed by atoms with van der Waals surface area (Å²) < 4.78 is 39.6. The number of hydrogen-bond acceptors (Lipinski definition) is 2. The Morgan fingerprint density at radius 1 is 1.35 bits per heavy atom. The van der Waals surface area contributed by atoms with Gasteiger partial charge in [-0.3, -0.25) is 9.48 Å². The summed E-state index contributed by atoms with van der Waals surface area (Å²) in [5.74, 6) is -0.331. The lowest BCUT2D eigenvalue weighted by Gasteiger charge is -2.07. The van der Waals surface area contributed by atoms with Crippen molar-refractivity contribution in [3.8, 4) is 0 Å². The van der Waals surface area contributed by atoms with Crippen LogP contribution in [-0.4, -0.2) is 21.7 Å². The first kappa shape index (κ1) is 13.7. The molecule has 1 N–H and O–H groups in total. The van der Waals surface area contributed by atoms with Gasteiger partial charge in [0, 0.05) is 12.0 Å². The highest BCUT2D eigenvalue weighted by Crippen LogP contribution is 2.46. The van der Waals surface area contributed by atoms with Crippen molar-refractivity contribution in [2.45, 2.75) is 50.4 Å². The van der Waals surface area contributed by atoms with Crippen LogP contribution in [0.2, 0.25) is 5.02 Å². The van der Waals surface area contributed by atoms with E-state index in [4.69, 9.17) is 11.6 Å². The zero-order chi connectivity index (χ0) is 14.5. The summed E-state index contributed by atoms with van der Waals surface area (Å²) in [5.41, 5.74) is -0.759. The van der Waals surface area contributed by atoms with E-state index < -0.39 is 11.9 Å². The van der Waals surface area contributed by atoms with Crippen molar-refractivity contribution in [2.75, 3.05) is 0 Å². The van der Waals surface area contributed by atoms with Gasteiger partial charge in [0.2, 0.25) is 5.91 Å². The van der Waals surface area contributed by atoms with E-state index in [1.165, 1.54) is 0 Å². The van der Waals surface area contributed by atoms with Gasteiger partial charge in [-0.05, 0) is 25.7 Å². The third-order valence-electron chi connectivity index (χ3n) is 3.40. The van der Waals surface area contributed by atoms with Gasteiger partial charge in [-0.25, -0.2) is 0 Å². The van der Waals surface area contributed by atoms with Crippen LogP contribution in [0.5, 0.6) is 0 Å². The van der Waals surface area contributed by atoms with Crippen LogP contribution in [0, 0.1) is 0 Å². The van der Waals surface area contributed by atoms with Gasteiger partial charge >= 0.3 is 6.18 Å². The van der Waals surface area contributed by atoms with Gasteiger partial charge in [0.15, 0.2) is 5.69 Å². The van der Waals surface area contributed by atoms with Crippen molar-refractivity contribution in [3.63, 3.8) is 0 Å². The molecular formula is C12H13ClF3N3O. The number of carbonyl (C=O) groups excluding carboxylic acids is 1. The highest BCUT2D eigenvalue weighted by Gasteiger charge is 2.42. The maximum absolute atomic E-state index is 12.8. The molecule has 1 aromatic heterocycles. The quantitative estimate of drug-likeness (QED) is 0.929. The minimum atomic E-state index is -4.60. The molecule has 2 aliphatic rings. The zero-order valence-corrected chi connectivity index (χ0v) is 11.3. The van der Waals surface area contributed by atoms with E-state index >= 15 is 0 Å². The van der Waals surface area contributed by atoms with E-state index in [9.17, 15) is 18.0 Å². The van der Waals surface area contributed by atoms with Crippen LogP contribution in [0.25, 0.3) is 0 Å². The average Bonchev–Trinajstić information content (AvgIpc) is 3.20. The summed E-state index contributed by atoms with van der Waals surface area (Å²) in [6, 6.07) is 0.167. The van der Waals surface area contributed by atoms with Crippen LogP contribution in [0.15, 0.2) is 0 Å². The minimum Gasteiger partial charge on any atom is -0.352 e. The lowest BCUT2D eigenvalue weighted by molar-refractivity contribution is -0.141. The number of halogens is 4. The lowest BCUT2D eigenvalue weighted by Crippen LogP contribution is -2.30. The van der Waals surface area contributed by atoms with E-state index in [1.807, 2.05) is 0 Å². The molecule has 0 radical (unpaired) electrons. The highest BCUT2D eigenvalue weighted by atomic mass is 35.5. The van der Waals surface area contributed by atoms with E-state index in [2.05, 4.69) is 10.4 Å². The first-order valence-electron chi connectivity index (χ1n) is 6.49. The predicted octanol–water partition coefficient (Wildman–Crippen LogP) is 2.71. The Kier molecular flexibility index (Phi) is 3.19. The molecule has 0 unspecified atom stereocenters. The molecule has 0 aromatic carbocycles. The molecule has 2 saturated carbocycles. The monoisotopic (exact) mass is 307 g/mol. The number of carbonyl (C=O) groups is 1. The van der Waals surface area contributed by atoms with Crippen molar-refractivity contribution in [2.24, 2.45) is 0 Å². The second-order valence-electron chi connectivity index (χ2n) is 5.32. The summed E-state index contributed by atoms with van der Waals surface area (Å²) in [4.78, 5) is 11.7. The maximum atomic E-state index is 12.8. The number of hydrogen-bond donors (Lipinski definition) is 1. The number of alkyl halides is 3. The second-order valence-corrected chi connectivity index (χ2v) is 5.70. The Morgan fingerprint density at radius 3 is 2.50 bits per heavy atom. The smallest absolute Gasteiger partial charge is 0.352 e. The van der Waals surface area contributed by atoms with Crippen molar-refractivity contribution >= 4 is 17.5 Å². The maximum Gasteiger partial charge on any atom is 0.436 e.